The summed E-state index contributed by atoms with van der Waals surface area (Å²) in [7, 11) is 1.72. The van der Waals surface area contributed by atoms with Gasteiger partial charge in [-0.2, -0.15) is 10.4 Å². The van der Waals surface area contributed by atoms with E-state index in [4.69, 9.17) is 16.3 Å². The zero-order valence-corrected chi connectivity index (χ0v) is 19.0. The Morgan fingerprint density at radius 3 is 2.72 bits per heavy atom. The molecule has 0 aromatic carbocycles. The van der Waals surface area contributed by atoms with Gasteiger partial charge in [0.2, 0.25) is 5.95 Å². The Labute approximate surface area is 193 Å². The van der Waals surface area contributed by atoms with E-state index in [1.807, 2.05) is 6.07 Å². The lowest BCUT2D eigenvalue weighted by atomic mass is 9.91. The van der Waals surface area contributed by atoms with E-state index in [2.05, 4.69) is 42.2 Å². The highest BCUT2D eigenvalue weighted by Gasteiger charge is 2.43. The quantitative estimate of drug-likeness (QED) is 0.462. The molecule has 10 heteroatoms. The monoisotopic (exact) mass is 456 g/mol. The molecule has 4 rings (SSSR count). The minimum absolute atomic E-state index is 0.264. The van der Waals surface area contributed by atoms with Gasteiger partial charge in [-0.15, -0.1) is 5.10 Å². The third-order valence-electron chi connectivity index (χ3n) is 6.17. The predicted molar refractivity (Wildman–Crippen MR) is 123 cm³/mol. The summed E-state index contributed by atoms with van der Waals surface area (Å²) in [6.07, 6.45) is 9.41. The van der Waals surface area contributed by atoms with Crippen LogP contribution in [0, 0.1) is 16.7 Å². The first-order valence-corrected chi connectivity index (χ1v) is 11.5. The average molecular weight is 457 g/mol. The smallest absolute Gasteiger partial charge is 0.223 e. The highest BCUT2D eigenvalue weighted by atomic mass is 35.5. The summed E-state index contributed by atoms with van der Waals surface area (Å²) in [6.45, 7) is 2.19. The van der Waals surface area contributed by atoms with Gasteiger partial charge in [0, 0.05) is 37.8 Å². The zero-order valence-electron chi connectivity index (χ0n) is 18.3. The number of anilines is 2. The molecule has 32 heavy (non-hydrogen) atoms. The standard InChI is InChI=1S/C22H29ClN8O/c1-32-9-8-25-16-2-4-17(5-3-16)29-21-26-12-18(23)20(30-21)15-10-19(31-28-11-15)27-14-22(13-24)6-7-22/h10-12,16-17,25H,2-9,14H2,1H3,(H,27,31)(H,26,29,30). The molecule has 0 bridgehead atoms. The van der Waals surface area contributed by atoms with Crippen molar-refractivity contribution in [3.63, 3.8) is 0 Å². The predicted octanol–water partition coefficient (Wildman–Crippen LogP) is 3.26. The highest BCUT2D eigenvalue weighted by molar-refractivity contribution is 6.32. The Morgan fingerprint density at radius 1 is 1.22 bits per heavy atom. The van der Waals surface area contributed by atoms with Gasteiger partial charge in [0.1, 0.15) is 5.82 Å². The van der Waals surface area contributed by atoms with Crippen LogP contribution in [0.3, 0.4) is 0 Å². The molecule has 0 spiro atoms. The van der Waals surface area contributed by atoms with Crippen molar-refractivity contribution >= 4 is 23.4 Å². The molecule has 0 atom stereocenters. The molecule has 2 aliphatic carbocycles. The van der Waals surface area contributed by atoms with Gasteiger partial charge in [-0.3, -0.25) is 0 Å². The Morgan fingerprint density at radius 2 is 2.00 bits per heavy atom. The van der Waals surface area contributed by atoms with E-state index in [1.54, 1.807) is 19.5 Å². The molecule has 170 valence electrons. The third kappa shape index (κ3) is 5.82. The molecular weight excluding hydrogens is 428 g/mol. The van der Waals surface area contributed by atoms with Crippen LogP contribution in [0.25, 0.3) is 11.3 Å². The fraction of sp³-hybridized carbons (Fsp3) is 0.591. The first-order valence-electron chi connectivity index (χ1n) is 11.1. The number of ether oxygens (including phenoxy) is 1. The highest BCUT2D eigenvalue weighted by Crippen LogP contribution is 2.44. The fourth-order valence-electron chi connectivity index (χ4n) is 3.95. The molecule has 2 aromatic heterocycles. The lowest BCUT2D eigenvalue weighted by Crippen LogP contribution is -2.38. The summed E-state index contributed by atoms with van der Waals surface area (Å²) in [5, 5.41) is 28.1. The second kappa shape index (κ2) is 10.4. The van der Waals surface area contributed by atoms with Gasteiger partial charge in [-0.25, -0.2) is 9.97 Å². The fourth-order valence-corrected chi connectivity index (χ4v) is 4.15. The maximum absolute atomic E-state index is 9.26. The number of halogens is 1. The van der Waals surface area contributed by atoms with Crippen LogP contribution in [0.2, 0.25) is 5.02 Å². The number of nitrogens with zero attached hydrogens (tertiary/aromatic N) is 5. The summed E-state index contributed by atoms with van der Waals surface area (Å²) < 4.78 is 5.11. The maximum Gasteiger partial charge on any atom is 0.223 e. The molecule has 0 saturated heterocycles. The van der Waals surface area contributed by atoms with Crippen molar-refractivity contribution in [3.05, 3.63) is 23.5 Å². The number of aromatic nitrogens is 4. The average Bonchev–Trinajstić information content (AvgIpc) is 3.61. The van der Waals surface area contributed by atoms with Crippen molar-refractivity contribution in [2.75, 3.05) is 37.4 Å². The van der Waals surface area contributed by atoms with Gasteiger partial charge in [0.05, 0.1) is 41.2 Å². The minimum Gasteiger partial charge on any atom is -0.383 e. The molecule has 9 nitrogen and oxygen atoms in total. The summed E-state index contributed by atoms with van der Waals surface area (Å²) in [5.41, 5.74) is 1.10. The number of hydrogen-bond donors (Lipinski definition) is 3. The van der Waals surface area contributed by atoms with Gasteiger partial charge >= 0.3 is 0 Å². The molecule has 2 fully saturated rings. The molecular formula is C22H29ClN8O. The van der Waals surface area contributed by atoms with Crippen LogP contribution in [-0.4, -0.2) is 59.1 Å². The van der Waals surface area contributed by atoms with Crippen LogP contribution in [0.4, 0.5) is 11.8 Å². The second-order valence-corrected chi connectivity index (χ2v) is 9.01. The molecule has 2 aliphatic rings. The summed E-state index contributed by atoms with van der Waals surface area (Å²) in [5.74, 6) is 1.17. The molecule has 2 heterocycles. The van der Waals surface area contributed by atoms with Crippen LogP contribution in [0.15, 0.2) is 18.5 Å². The zero-order chi connectivity index (χ0) is 22.4. The number of rotatable bonds is 10. The lowest BCUT2D eigenvalue weighted by molar-refractivity contribution is 0.191. The van der Waals surface area contributed by atoms with Crippen LogP contribution >= 0.6 is 11.6 Å². The number of nitrogens with one attached hydrogen (secondary N) is 3. The van der Waals surface area contributed by atoms with Gasteiger partial charge in [0.25, 0.3) is 0 Å². The Balaban J connectivity index is 1.37. The van der Waals surface area contributed by atoms with Crippen molar-refractivity contribution in [1.82, 2.24) is 25.5 Å². The molecule has 0 radical (unpaired) electrons. The largest absolute Gasteiger partial charge is 0.383 e. The summed E-state index contributed by atoms with van der Waals surface area (Å²) in [4.78, 5) is 9.04. The number of nitriles is 1. The normalized spacial score (nSPS) is 21.5. The van der Waals surface area contributed by atoms with Crippen LogP contribution < -0.4 is 16.0 Å². The van der Waals surface area contributed by atoms with E-state index < -0.39 is 0 Å². The molecule has 3 N–H and O–H groups in total. The Kier molecular flexibility index (Phi) is 7.35. The number of hydrogen-bond acceptors (Lipinski definition) is 9. The van der Waals surface area contributed by atoms with E-state index in [-0.39, 0.29) is 5.41 Å². The maximum atomic E-state index is 9.26. The molecule has 0 aliphatic heterocycles. The van der Waals surface area contributed by atoms with Crippen molar-refractivity contribution < 1.29 is 4.74 Å². The summed E-state index contributed by atoms with van der Waals surface area (Å²) >= 11 is 6.40. The molecule has 0 unspecified atom stereocenters. The van der Waals surface area contributed by atoms with Crippen LogP contribution in [0.1, 0.15) is 38.5 Å². The van der Waals surface area contributed by atoms with Crippen molar-refractivity contribution in [1.29, 1.82) is 5.26 Å². The van der Waals surface area contributed by atoms with Gasteiger partial charge in [-0.05, 0) is 44.6 Å². The van der Waals surface area contributed by atoms with E-state index in [1.165, 1.54) is 0 Å². The van der Waals surface area contributed by atoms with Crippen LogP contribution in [-0.2, 0) is 4.74 Å². The SMILES string of the molecule is COCCNC1CCC(Nc2ncc(Cl)c(-c3cnnc(NCC4(C#N)CC4)c3)n2)CC1. The first kappa shape index (κ1) is 22.6. The van der Waals surface area contributed by atoms with Crippen molar-refractivity contribution in [2.45, 2.75) is 50.6 Å². The van der Waals surface area contributed by atoms with Gasteiger partial charge in [-0.1, -0.05) is 11.6 Å². The first-order chi connectivity index (χ1) is 15.6. The second-order valence-electron chi connectivity index (χ2n) is 8.61. The minimum atomic E-state index is -0.264. The third-order valence-corrected chi connectivity index (χ3v) is 6.45. The van der Waals surface area contributed by atoms with E-state index >= 15 is 0 Å². The molecule has 2 saturated carbocycles. The van der Waals surface area contributed by atoms with Crippen molar-refractivity contribution in [3.8, 4) is 17.3 Å². The number of methoxy groups -OCH3 is 1. The molecule has 2 aromatic rings. The van der Waals surface area contributed by atoms with Crippen LogP contribution in [0.5, 0.6) is 0 Å². The summed E-state index contributed by atoms with van der Waals surface area (Å²) in [6, 6.07) is 5.09. The van der Waals surface area contributed by atoms with E-state index in [0.29, 0.717) is 41.1 Å². The Hall–Kier alpha value is -2.54. The van der Waals surface area contributed by atoms with Gasteiger partial charge in [0.15, 0.2) is 0 Å². The molecule has 0 amide bonds. The Bertz CT molecular complexity index is 953. The van der Waals surface area contributed by atoms with Gasteiger partial charge < -0.3 is 20.7 Å². The van der Waals surface area contributed by atoms with Crippen molar-refractivity contribution in [2.24, 2.45) is 5.41 Å². The van der Waals surface area contributed by atoms with E-state index in [9.17, 15) is 5.26 Å². The van der Waals surface area contributed by atoms with E-state index in [0.717, 1.165) is 57.2 Å². The lowest BCUT2D eigenvalue weighted by Gasteiger charge is -2.29. The topological polar surface area (TPSA) is 121 Å².